The molecule has 41 heavy (non-hydrogen) atoms. The van der Waals surface area contributed by atoms with Crippen LogP contribution in [0.4, 0.5) is 16.2 Å². The van der Waals surface area contributed by atoms with Crippen molar-refractivity contribution in [3.63, 3.8) is 0 Å². The van der Waals surface area contributed by atoms with E-state index in [9.17, 15) is 34.6 Å². The summed E-state index contributed by atoms with van der Waals surface area (Å²) in [6.07, 6.45) is 1.24. The van der Waals surface area contributed by atoms with Gasteiger partial charge in [-0.25, -0.2) is 9.59 Å². The Balaban J connectivity index is 1.60. The van der Waals surface area contributed by atoms with Crippen molar-refractivity contribution < 1.29 is 42.9 Å². The monoisotopic (exact) mass is 566 g/mol. The number of esters is 1. The second kappa shape index (κ2) is 12.0. The van der Waals surface area contributed by atoms with E-state index < -0.39 is 33.4 Å². The van der Waals surface area contributed by atoms with Crippen LogP contribution in [0.3, 0.4) is 0 Å². The topological polar surface area (TPSA) is 194 Å². The highest BCUT2D eigenvalue weighted by Crippen LogP contribution is 2.40. The first-order valence-corrected chi connectivity index (χ1v) is 11.9. The number of non-ortho nitro benzene ring substituents is 1. The highest BCUT2D eigenvalue weighted by atomic mass is 16.6. The van der Waals surface area contributed by atoms with E-state index in [1.54, 1.807) is 13.0 Å². The second-order valence-electron chi connectivity index (χ2n) is 8.41. The van der Waals surface area contributed by atoms with Crippen LogP contribution in [0.1, 0.15) is 34.4 Å². The number of furan rings is 1. The Labute approximate surface area is 231 Å². The van der Waals surface area contributed by atoms with Crippen LogP contribution in [0, 0.1) is 20.2 Å². The van der Waals surface area contributed by atoms with Crippen LogP contribution in [0.5, 0.6) is 11.5 Å². The molecule has 15 nitrogen and oxygen atoms in total. The van der Waals surface area contributed by atoms with Gasteiger partial charge in [-0.3, -0.25) is 29.9 Å². The fourth-order valence-electron chi connectivity index (χ4n) is 3.86. The number of nitrogens with zero attached hydrogens (tertiary/aromatic N) is 3. The summed E-state index contributed by atoms with van der Waals surface area (Å²) in [5.41, 5.74) is -0.276. The van der Waals surface area contributed by atoms with Crippen LogP contribution in [0.2, 0.25) is 0 Å². The number of carbonyl (C=O) groups is 3. The van der Waals surface area contributed by atoms with E-state index in [2.05, 4.69) is 10.1 Å². The first kappa shape index (κ1) is 28.3. The van der Waals surface area contributed by atoms with Crippen molar-refractivity contribution in [1.29, 1.82) is 0 Å². The second-order valence-corrected chi connectivity index (χ2v) is 8.41. The smallest absolute Gasteiger partial charge is 0.373 e. The largest absolute Gasteiger partial charge is 0.490 e. The van der Waals surface area contributed by atoms with Crippen molar-refractivity contribution in [2.45, 2.75) is 20.1 Å². The summed E-state index contributed by atoms with van der Waals surface area (Å²) >= 11 is 0. The average molecular weight is 566 g/mol. The molecule has 0 radical (unpaired) electrons. The number of nitrogens with one attached hydrogen (secondary N) is 1. The molecule has 1 aliphatic rings. The molecule has 3 aromatic rings. The third kappa shape index (κ3) is 6.30. The van der Waals surface area contributed by atoms with Gasteiger partial charge in [0.05, 0.1) is 30.1 Å². The van der Waals surface area contributed by atoms with Crippen molar-refractivity contribution >= 4 is 35.4 Å². The molecular formula is C26H22N4O11. The minimum atomic E-state index is -0.770. The molecule has 0 bridgehead atoms. The Kier molecular flexibility index (Phi) is 8.26. The summed E-state index contributed by atoms with van der Waals surface area (Å²) in [4.78, 5) is 59.6. The van der Waals surface area contributed by atoms with Crippen molar-refractivity contribution in [3.05, 3.63) is 97.1 Å². The molecule has 1 N–H and O–H groups in total. The van der Waals surface area contributed by atoms with E-state index in [-0.39, 0.29) is 59.7 Å². The average Bonchev–Trinajstić information content (AvgIpc) is 3.52. The molecule has 2 aromatic carbocycles. The fraction of sp³-hybridized carbons (Fsp3) is 0.192. The maximum absolute atomic E-state index is 13.0. The number of urea groups is 1. The van der Waals surface area contributed by atoms with Gasteiger partial charge in [-0.15, -0.1) is 0 Å². The summed E-state index contributed by atoms with van der Waals surface area (Å²) < 4.78 is 21.1. The quantitative estimate of drug-likeness (QED) is 0.116. The predicted octanol–water partition coefficient (Wildman–Crippen LogP) is 3.95. The standard InChI is InChI=1S/C26H22N4O11/c1-3-39-22-12-16(11-20(30(36)37)23(22)40-14-15-5-4-6-17(9-15)29(34)35)10-19-24(31)28(26(33)27-19)13-18-7-8-21(41-18)25(32)38-2/h4-12H,3,13-14H2,1-2H3,(H,27,33)/b19-10-. The number of hydrogen-bond donors (Lipinski definition) is 1. The van der Waals surface area contributed by atoms with Gasteiger partial charge >= 0.3 is 17.7 Å². The maximum atomic E-state index is 13.0. The third-order valence-corrected chi connectivity index (χ3v) is 5.69. The highest BCUT2D eigenvalue weighted by Gasteiger charge is 2.35. The predicted molar refractivity (Wildman–Crippen MR) is 139 cm³/mol. The van der Waals surface area contributed by atoms with E-state index in [1.165, 1.54) is 49.6 Å². The zero-order chi connectivity index (χ0) is 29.7. The van der Waals surface area contributed by atoms with Gasteiger partial charge in [-0.2, -0.15) is 0 Å². The molecule has 0 spiro atoms. The van der Waals surface area contributed by atoms with Gasteiger partial charge in [0.1, 0.15) is 18.1 Å². The molecule has 2 heterocycles. The first-order chi connectivity index (χ1) is 19.6. The van der Waals surface area contributed by atoms with Crippen molar-refractivity contribution in [1.82, 2.24) is 10.2 Å². The fourth-order valence-corrected chi connectivity index (χ4v) is 3.86. The lowest BCUT2D eigenvalue weighted by atomic mass is 10.1. The lowest BCUT2D eigenvalue weighted by Crippen LogP contribution is -2.30. The molecular weight excluding hydrogens is 544 g/mol. The number of imide groups is 1. The first-order valence-electron chi connectivity index (χ1n) is 11.9. The van der Waals surface area contributed by atoms with E-state index in [0.29, 0.717) is 5.56 Å². The number of ether oxygens (including phenoxy) is 3. The van der Waals surface area contributed by atoms with Crippen LogP contribution in [-0.4, -0.2) is 46.4 Å². The summed E-state index contributed by atoms with van der Waals surface area (Å²) in [6, 6.07) is 10.1. The van der Waals surface area contributed by atoms with Gasteiger partial charge in [0, 0.05) is 18.2 Å². The van der Waals surface area contributed by atoms with Gasteiger partial charge in [0.15, 0.2) is 5.75 Å². The molecule has 4 rings (SSSR count). The van der Waals surface area contributed by atoms with E-state index >= 15 is 0 Å². The molecule has 1 aromatic heterocycles. The molecule has 0 unspecified atom stereocenters. The molecule has 1 fully saturated rings. The SMILES string of the molecule is CCOc1cc(/C=C2\NC(=O)N(Cc3ccc(C(=O)OC)o3)C2=O)cc([N+](=O)[O-])c1OCc1cccc([N+](=O)[O-])c1. The molecule has 0 saturated carbocycles. The molecule has 212 valence electrons. The number of methoxy groups -OCH3 is 1. The highest BCUT2D eigenvalue weighted by molar-refractivity contribution is 6.13. The Morgan fingerprint density at radius 1 is 1.07 bits per heavy atom. The Hall–Kier alpha value is -5.73. The molecule has 1 aliphatic heterocycles. The van der Waals surface area contributed by atoms with Crippen LogP contribution in [-0.2, 0) is 22.7 Å². The number of rotatable bonds is 11. The van der Waals surface area contributed by atoms with Crippen molar-refractivity contribution in [3.8, 4) is 11.5 Å². The number of amides is 3. The van der Waals surface area contributed by atoms with Crippen molar-refractivity contribution in [2.24, 2.45) is 0 Å². The van der Waals surface area contributed by atoms with Crippen LogP contribution in [0.15, 0.2) is 58.6 Å². The lowest BCUT2D eigenvalue weighted by molar-refractivity contribution is -0.386. The van der Waals surface area contributed by atoms with Gasteiger partial charge in [-0.05, 0) is 42.3 Å². The normalized spacial score (nSPS) is 13.7. The van der Waals surface area contributed by atoms with E-state index in [1.807, 2.05) is 0 Å². The molecule has 3 amide bonds. The number of hydrogen-bond acceptors (Lipinski definition) is 11. The van der Waals surface area contributed by atoms with Crippen LogP contribution >= 0.6 is 0 Å². The minimum Gasteiger partial charge on any atom is -0.490 e. The Morgan fingerprint density at radius 3 is 2.54 bits per heavy atom. The zero-order valence-corrected chi connectivity index (χ0v) is 21.6. The number of benzene rings is 2. The minimum absolute atomic E-state index is 0.0152. The summed E-state index contributed by atoms with van der Waals surface area (Å²) in [5.74, 6) is -1.65. The van der Waals surface area contributed by atoms with Crippen LogP contribution < -0.4 is 14.8 Å². The molecule has 0 aliphatic carbocycles. The lowest BCUT2D eigenvalue weighted by Gasteiger charge is -2.13. The zero-order valence-electron chi connectivity index (χ0n) is 21.6. The summed E-state index contributed by atoms with van der Waals surface area (Å²) in [5, 5.41) is 25.4. The van der Waals surface area contributed by atoms with E-state index in [0.717, 1.165) is 11.0 Å². The third-order valence-electron chi connectivity index (χ3n) is 5.69. The Morgan fingerprint density at radius 2 is 1.85 bits per heavy atom. The summed E-state index contributed by atoms with van der Waals surface area (Å²) in [6.45, 7) is 1.26. The van der Waals surface area contributed by atoms with Gasteiger partial charge < -0.3 is 23.9 Å². The van der Waals surface area contributed by atoms with E-state index in [4.69, 9.17) is 13.9 Å². The van der Waals surface area contributed by atoms with Crippen molar-refractivity contribution in [2.75, 3.05) is 13.7 Å². The van der Waals surface area contributed by atoms with Gasteiger partial charge in [-0.1, -0.05) is 12.1 Å². The number of nitro benzene ring substituents is 2. The molecule has 0 atom stereocenters. The number of carbonyl (C=O) groups excluding carboxylic acids is 3. The van der Waals surface area contributed by atoms with Crippen LogP contribution in [0.25, 0.3) is 6.08 Å². The van der Waals surface area contributed by atoms with Gasteiger partial charge in [0.25, 0.3) is 11.6 Å². The molecule has 15 heteroatoms. The molecule has 1 saturated heterocycles. The summed E-state index contributed by atoms with van der Waals surface area (Å²) in [7, 11) is 1.18. The number of nitro groups is 2. The maximum Gasteiger partial charge on any atom is 0.373 e. The Bertz CT molecular complexity index is 1580. The van der Waals surface area contributed by atoms with Gasteiger partial charge in [0.2, 0.25) is 11.5 Å².